The fourth-order valence-corrected chi connectivity index (χ4v) is 5.86. The van der Waals surface area contributed by atoms with E-state index in [2.05, 4.69) is 27.2 Å². The van der Waals surface area contributed by atoms with Crippen LogP contribution in [0.1, 0.15) is 16.7 Å². The SMILES string of the molecule is C=CCNCC(=O)N1[C@@H](NC(=O)NCc2ccccc2)CN(Cc2cccc(OC)c2OC)C(=O)[C@@H]1Cc1ccc(OP(=O)(O)ON)cc1. The number of piperazine rings is 1. The molecule has 0 saturated carbocycles. The third-order valence-electron chi connectivity index (χ3n) is 7.66. The number of carbonyl (C=O) groups is 3. The third-order valence-corrected chi connectivity index (χ3v) is 8.37. The molecule has 0 aromatic heterocycles. The Balaban J connectivity index is 1.68. The molecule has 0 spiro atoms. The molecular formula is C33H41N6O9P. The highest BCUT2D eigenvalue weighted by Crippen LogP contribution is 2.41. The second-order valence-corrected chi connectivity index (χ2v) is 12.3. The number of methoxy groups -OCH3 is 2. The summed E-state index contributed by atoms with van der Waals surface area (Å²) in [7, 11) is -1.49. The van der Waals surface area contributed by atoms with Crippen LogP contribution < -0.4 is 35.8 Å². The first-order chi connectivity index (χ1) is 23.6. The van der Waals surface area contributed by atoms with Gasteiger partial charge in [0.25, 0.3) is 0 Å². The van der Waals surface area contributed by atoms with Gasteiger partial charge in [0.15, 0.2) is 11.5 Å². The number of nitrogens with two attached hydrogens (primary N) is 1. The van der Waals surface area contributed by atoms with E-state index in [9.17, 15) is 23.8 Å². The number of nitrogens with one attached hydrogen (secondary N) is 3. The molecule has 3 aromatic rings. The number of phosphoric acid groups is 1. The van der Waals surface area contributed by atoms with Gasteiger partial charge in [0.2, 0.25) is 11.8 Å². The van der Waals surface area contributed by atoms with Crippen LogP contribution in [-0.2, 0) is 38.3 Å². The molecule has 262 valence electrons. The first-order valence-corrected chi connectivity index (χ1v) is 16.8. The molecule has 3 atom stereocenters. The van der Waals surface area contributed by atoms with E-state index in [1.807, 2.05) is 30.3 Å². The molecule has 1 aliphatic heterocycles. The number of hydrogen-bond acceptors (Lipinski definition) is 10. The summed E-state index contributed by atoms with van der Waals surface area (Å²) in [5.41, 5.74) is 2.13. The molecule has 0 aliphatic carbocycles. The number of nitrogens with zero attached hydrogens (tertiary/aromatic N) is 2. The van der Waals surface area contributed by atoms with Crippen molar-refractivity contribution in [3.8, 4) is 17.2 Å². The minimum Gasteiger partial charge on any atom is -0.493 e. The van der Waals surface area contributed by atoms with Gasteiger partial charge in [-0.15, -0.1) is 6.58 Å². The lowest BCUT2D eigenvalue weighted by Crippen LogP contribution is -2.69. The summed E-state index contributed by atoms with van der Waals surface area (Å²) in [5, 5.41) is 8.72. The quantitative estimate of drug-likeness (QED) is 0.0639. The van der Waals surface area contributed by atoms with Gasteiger partial charge in [-0.2, -0.15) is 4.62 Å². The number of phosphoric ester groups is 1. The number of carbonyl (C=O) groups excluding carboxylic acids is 3. The molecule has 1 unspecified atom stereocenters. The minimum absolute atomic E-state index is 0.00191. The molecule has 49 heavy (non-hydrogen) atoms. The van der Waals surface area contributed by atoms with Crippen molar-refractivity contribution in [2.24, 2.45) is 5.90 Å². The molecule has 4 amide bonds. The first-order valence-electron chi connectivity index (χ1n) is 15.3. The van der Waals surface area contributed by atoms with Gasteiger partial charge in [-0.3, -0.25) is 14.5 Å². The number of urea groups is 1. The molecule has 15 nitrogen and oxygen atoms in total. The van der Waals surface area contributed by atoms with Crippen molar-refractivity contribution < 1.29 is 42.5 Å². The Labute approximate surface area is 284 Å². The van der Waals surface area contributed by atoms with Crippen molar-refractivity contribution in [1.29, 1.82) is 0 Å². The summed E-state index contributed by atoms with van der Waals surface area (Å²) in [6, 6.07) is 19.1. The highest BCUT2D eigenvalue weighted by Gasteiger charge is 2.44. The molecule has 6 N–H and O–H groups in total. The molecule has 1 saturated heterocycles. The molecule has 1 heterocycles. The normalized spacial score (nSPS) is 17.1. The molecule has 0 bridgehead atoms. The average Bonchev–Trinajstić information content (AvgIpc) is 3.10. The molecule has 1 aliphatic rings. The van der Waals surface area contributed by atoms with Gasteiger partial charge in [0, 0.05) is 31.6 Å². The van der Waals surface area contributed by atoms with Gasteiger partial charge in [0.05, 0.1) is 27.3 Å². The van der Waals surface area contributed by atoms with Crippen molar-refractivity contribution in [2.45, 2.75) is 31.7 Å². The van der Waals surface area contributed by atoms with Crippen molar-refractivity contribution >= 4 is 25.7 Å². The van der Waals surface area contributed by atoms with E-state index in [1.54, 1.807) is 41.3 Å². The van der Waals surface area contributed by atoms with Crippen LogP contribution in [0.4, 0.5) is 4.79 Å². The summed E-state index contributed by atoms with van der Waals surface area (Å²) in [5.74, 6) is 4.96. The Kier molecular flexibility index (Phi) is 13.2. The minimum atomic E-state index is -4.51. The van der Waals surface area contributed by atoms with Crippen molar-refractivity contribution in [3.63, 3.8) is 0 Å². The number of hydrogen-bond donors (Lipinski definition) is 5. The molecule has 16 heteroatoms. The van der Waals surface area contributed by atoms with E-state index in [4.69, 9.17) is 19.9 Å². The lowest BCUT2D eigenvalue weighted by Gasteiger charge is -2.46. The number of amides is 4. The monoisotopic (exact) mass is 696 g/mol. The fraction of sp³-hybridized carbons (Fsp3) is 0.303. The zero-order valence-electron chi connectivity index (χ0n) is 27.2. The van der Waals surface area contributed by atoms with E-state index in [0.29, 0.717) is 29.2 Å². The first kappa shape index (κ1) is 36.9. The summed E-state index contributed by atoms with van der Waals surface area (Å²) in [6.07, 6.45) is 0.705. The lowest BCUT2D eigenvalue weighted by molar-refractivity contribution is -0.157. The third kappa shape index (κ3) is 10.0. The predicted molar refractivity (Wildman–Crippen MR) is 180 cm³/mol. The topological polar surface area (TPSA) is 194 Å². The largest absolute Gasteiger partial charge is 0.544 e. The molecule has 3 aromatic carbocycles. The summed E-state index contributed by atoms with van der Waals surface area (Å²) in [6.45, 7) is 4.20. The average molecular weight is 697 g/mol. The maximum absolute atomic E-state index is 14.3. The molecule has 1 fully saturated rings. The Morgan fingerprint density at radius 3 is 2.43 bits per heavy atom. The summed E-state index contributed by atoms with van der Waals surface area (Å²) in [4.78, 5) is 54.0. The highest BCUT2D eigenvalue weighted by molar-refractivity contribution is 7.47. The van der Waals surface area contributed by atoms with Gasteiger partial charge in [-0.05, 0) is 29.3 Å². The van der Waals surface area contributed by atoms with Crippen LogP contribution in [0.5, 0.6) is 17.2 Å². The van der Waals surface area contributed by atoms with E-state index in [1.165, 1.54) is 31.3 Å². The van der Waals surface area contributed by atoms with Crippen molar-refractivity contribution in [3.05, 3.63) is 102 Å². The summed E-state index contributed by atoms with van der Waals surface area (Å²) < 4.78 is 31.7. The molecular weight excluding hydrogens is 655 g/mol. The molecule has 4 rings (SSSR count). The van der Waals surface area contributed by atoms with Gasteiger partial charge in [-0.25, -0.2) is 15.3 Å². The highest BCUT2D eigenvalue weighted by atomic mass is 31.2. The Morgan fingerprint density at radius 1 is 1.04 bits per heavy atom. The van der Waals surface area contributed by atoms with E-state index in [0.717, 1.165) is 5.56 Å². The van der Waals surface area contributed by atoms with Gasteiger partial charge < -0.3 is 39.7 Å². The summed E-state index contributed by atoms with van der Waals surface area (Å²) >= 11 is 0. The second kappa shape index (κ2) is 17.5. The second-order valence-electron chi connectivity index (χ2n) is 10.9. The van der Waals surface area contributed by atoms with E-state index < -0.39 is 32.0 Å². The number of para-hydroxylation sites is 1. The van der Waals surface area contributed by atoms with E-state index >= 15 is 0 Å². The van der Waals surface area contributed by atoms with Crippen LogP contribution in [0.25, 0.3) is 0 Å². The van der Waals surface area contributed by atoms with Crippen LogP contribution in [0, 0.1) is 0 Å². The van der Waals surface area contributed by atoms with Gasteiger partial charge in [0.1, 0.15) is 18.0 Å². The number of benzene rings is 3. The molecule has 0 radical (unpaired) electrons. The van der Waals surface area contributed by atoms with Gasteiger partial charge in [-0.1, -0.05) is 60.7 Å². The Bertz CT molecular complexity index is 1640. The fourth-order valence-electron chi connectivity index (χ4n) is 5.43. The van der Waals surface area contributed by atoms with Crippen LogP contribution in [-0.4, -0.2) is 78.6 Å². The van der Waals surface area contributed by atoms with Crippen molar-refractivity contribution in [1.82, 2.24) is 25.8 Å². The Hall–Kier alpha value is -4.92. The zero-order chi connectivity index (χ0) is 35.4. The van der Waals surface area contributed by atoms with E-state index in [-0.39, 0.29) is 44.3 Å². The standard InChI is InChI=1S/C33H41N6O9P/c1-4-17-35-20-30(40)39-27(18-23-13-15-26(16-14-23)47-49(43,44)48-34)32(41)38(21-25-11-8-12-28(45-2)31(25)46-3)22-29(39)37-33(42)36-19-24-9-6-5-7-10-24/h4-16,27,29,35H,1,17-22,34H2,2-3H3,(H,43,44)(H2,36,37,42)/t27-,29+/m0/s1. The lowest BCUT2D eigenvalue weighted by atomic mass is 9.99. The van der Waals surface area contributed by atoms with Crippen molar-refractivity contribution in [2.75, 3.05) is 33.9 Å². The smallest absolute Gasteiger partial charge is 0.493 e. The Morgan fingerprint density at radius 2 is 1.78 bits per heavy atom. The zero-order valence-corrected chi connectivity index (χ0v) is 28.1. The van der Waals surface area contributed by atoms with Crippen LogP contribution >= 0.6 is 7.82 Å². The van der Waals surface area contributed by atoms with Crippen LogP contribution in [0.3, 0.4) is 0 Å². The van der Waals surface area contributed by atoms with Crippen LogP contribution in [0.2, 0.25) is 0 Å². The maximum atomic E-state index is 14.3. The number of rotatable bonds is 16. The number of ether oxygens (including phenoxy) is 2. The predicted octanol–water partition coefficient (Wildman–Crippen LogP) is 2.46. The van der Waals surface area contributed by atoms with Crippen LogP contribution in [0.15, 0.2) is 85.5 Å². The maximum Gasteiger partial charge on any atom is 0.544 e. The van der Waals surface area contributed by atoms with Gasteiger partial charge >= 0.3 is 13.9 Å².